The first-order valence-electron chi connectivity index (χ1n) is 7.47. The number of aromatic nitrogens is 3. The van der Waals surface area contributed by atoms with E-state index in [2.05, 4.69) is 20.3 Å². The van der Waals surface area contributed by atoms with Crippen molar-refractivity contribution >= 4 is 11.9 Å². The summed E-state index contributed by atoms with van der Waals surface area (Å²) in [4.78, 5) is 35.8. The lowest BCUT2D eigenvalue weighted by molar-refractivity contribution is 0.0696. The Labute approximate surface area is 143 Å². The molecule has 0 saturated carbocycles. The number of pyridine rings is 3. The van der Waals surface area contributed by atoms with Crippen LogP contribution in [0.1, 0.15) is 26.4 Å². The lowest BCUT2D eigenvalue weighted by atomic mass is 10.1. The average molecular weight is 334 g/mol. The second-order valence-electron chi connectivity index (χ2n) is 5.17. The standard InChI is InChI=1S/C18H14N4O3/c23-17(22-11-14-3-1-2-6-19-14)12-4-7-20-15(9-12)16-10-13(18(24)25)5-8-21-16/h1-10H,11H2,(H,22,23)(H,24,25). The first kappa shape index (κ1) is 16.3. The van der Waals surface area contributed by atoms with E-state index in [4.69, 9.17) is 5.11 Å². The molecule has 0 bridgehead atoms. The Hall–Kier alpha value is -3.61. The molecule has 3 aromatic rings. The molecule has 0 spiro atoms. The summed E-state index contributed by atoms with van der Waals surface area (Å²) in [7, 11) is 0. The number of carboxylic acid groups (broad SMARTS) is 1. The molecule has 7 heteroatoms. The minimum Gasteiger partial charge on any atom is -0.478 e. The molecule has 0 unspecified atom stereocenters. The predicted molar refractivity (Wildman–Crippen MR) is 89.8 cm³/mol. The van der Waals surface area contributed by atoms with Gasteiger partial charge in [-0.2, -0.15) is 0 Å². The molecule has 124 valence electrons. The summed E-state index contributed by atoms with van der Waals surface area (Å²) in [6.45, 7) is 0.310. The van der Waals surface area contributed by atoms with Crippen molar-refractivity contribution in [3.8, 4) is 11.4 Å². The number of carboxylic acids is 1. The van der Waals surface area contributed by atoms with E-state index in [0.717, 1.165) is 5.69 Å². The fraction of sp³-hybridized carbons (Fsp3) is 0.0556. The van der Waals surface area contributed by atoms with Gasteiger partial charge in [0.15, 0.2) is 0 Å². The van der Waals surface area contributed by atoms with Gasteiger partial charge in [0.2, 0.25) is 0 Å². The number of carbonyl (C=O) groups excluding carboxylic acids is 1. The quantitative estimate of drug-likeness (QED) is 0.741. The minimum atomic E-state index is -1.05. The van der Waals surface area contributed by atoms with Crippen LogP contribution >= 0.6 is 0 Å². The minimum absolute atomic E-state index is 0.108. The van der Waals surface area contributed by atoms with Gasteiger partial charge in [0.05, 0.1) is 29.2 Å². The summed E-state index contributed by atoms with van der Waals surface area (Å²) in [5.41, 5.74) is 2.08. The van der Waals surface area contributed by atoms with Crippen molar-refractivity contribution in [3.05, 3.63) is 77.9 Å². The van der Waals surface area contributed by atoms with Crippen molar-refractivity contribution < 1.29 is 14.7 Å². The van der Waals surface area contributed by atoms with Crippen LogP contribution < -0.4 is 5.32 Å². The molecule has 0 aliphatic heterocycles. The van der Waals surface area contributed by atoms with Crippen LogP contribution in [0.5, 0.6) is 0 Å². The number of nitrogens with one attached hydrogen (secondary N) is 1. The first-order valence-corrected chi connectivity index (χ1v) is 7.47. The molecule has 0 radical (unpaired) electrons. The van der Waals surface area contributed by atoms with Crippen LogP contribution in [0, 0.1) is 0 Å². The smallest absolute Gasteiger partial charge is 0.335 e. The average Bonchev–Trinajstić information content (AvgIpc) is 2.67. The van der Waals surface area contributed by atoms with E-state index in [1.165, 1.54) is 24.5 Å². The summed E-state index contributed by atoms with van der Waals surface area (Å²) in [6, 6.07) is 11.4. The summed E-state index contributed by atoms with van der Waals surface area (Å²) in [5.74, 6) is -1.32. The van der Waals surface area contributed by atoms with Gasteiger partial charge in [-0.3, -0.25) is 19.7 Å². The van der Waals surface area contributed by atoms with Crippen LogP contribution in [-0.4, -0.2) is 31.9 Å². The van der Waals surface area contributed by atoms with Gasteiger partial charge in [-0.15, -0.1) is 0 Å². The highest BCUT2D eigenvalue weighted by molar-refractivity contribution is 5.95. The number of aromatic carboxylic acids is 1. The molecular weight excluding hydrogens is 320 g/mol. The van der Waals surface area contributed by atoms with Gasteiger partial charge in [0.25, 0.3) is 5.91 Å². The topological polar surface area (TPSA) is 105 Å². The van der Waals surface area contributed by atoms with Gasteiger partial charge in [0.1, 0.15) is 0 Å². The molecule has 0 aliphatic rings. The maximum Gasteiger partial charge on any atom is 0.335 e. The van der Waals surface area contributed by atoms with E-state index >= 15 is 0 Å². The van der Waals surface area contributed by atoms with Gasteiger partial charge in [-0.05, 0) is 36.4 Å². The third-order valence-electron chi connectivity index (χ3n) is 3.45. The second kappa shape index (κ2) is 7.31. The number of carbonyl (C=O) groups is 2. The Bertz CT molecular complexity index is 913. The number of hydrogen-bond acceptors (Lipinski definition) is 5. The van der Waals surface area contributed by atoms with Crippen LogP contribution in [-0.2, 0) is 6.54 Å². The summed E-state index contributed by atoms with van der Waals surface area (Å²) >= 11 is 0. The molecule has 0 aliphatic carbocycles. The molecule has 0 fully saturated rings. The summed E-state index contributed by atoms with van der Waals surface area (Å²) in [5, 5.41) is 11.8. The van der Waals surface area contributed by atoms with Crippen molar-refractivity contribution in [1.82, 2.24) is 20.3 Å². The van der Waals surface area contributed by atoms with Gasteiger partial charge in [0, 0.05) is 24.2 Å². The van der Waals surface area contributed by atoms with Gasteiger partial charge < -0.3 is 10.4 Å². The van der Waals surface area contributed by atoms with Crippen LogP contribution in [0.15, 0.2) is 61.1 Å². The van der Waals surface area contributed by atoms with Crippen molar-refractivity contribution in [2.45, 2.75) is 6.54 Å². The highest BCUT2D eigenvalue weighted by Gasteiger charge is 2.11. The zero-order valence-electron chi connectivity index (χ0n) is 13.1. The van der Waals surface area contributed by atoms with E-state index in [-0.39, 0.29) is 11.5 Å². The van der Waals surface area contributed by atoms with Crippen molar-refractivity contribution in [2.24, 2.45) is 0 Å². The fourth-order valence-corrected chi connectivity index (χ4v) is 2.19. The van der Waals surface area contributed by atoms with E-state index < -0.39 is 5.97 Å². The zero-order valence-corrected chi connectivity index (χ0v) is 13.1. The monoisotopic (exact) mass is 334 g/mol. The Kier molecular flexibility index (Phi) is 4.75. The second-order valence-corrected chi connectivity index (χ2v) is 5.17. The SMILES string of the molecule is O=C(O)c1ccnc(-c2cc(C(=O)NCc3ccccn3)ccn2)c1. The van der Waals surface area contributed by atoms with Crippen molar-refractivity contribution in [3.63, 3.8) is 0 Å². The Balaban J connectivity index is 1.78. The number of nitrogens with zero attached hydrogens (tertiary/aromatic N) is 3. The molecular formula is C18H14N4O3. The molecule has 2 N–H and O–H groups in total. The Morgan fingerprint density at radius 1 is 0.880 bits per heavy atom. The molecule has 3 heterocycles. The highest BCUT2D eigenvalue weighted by atomic mass is 16.4. The molecule has 0 saturated heterocycles. The van der Waals surface area contributed by atoms with E-state index in [1.54, 1.807) is 24.4 Å². The largest absolute Gasteiger partial charge is 0.478 e. The summed E-state index contributed by atoms with van der Waals surface area (Å²) < 4.78 is 0. The van der Waals surface area contributed by atoms with Gasteiger partial charge >= 0.3 is 5.97 Å². The molecule has 25 heavy (non-hydrogen) atoms. The van der Waals surface area contributed by atoms with E-state index in [0.29, 0.717) is 23.5 Å². The van der Waals surface area contributed by atoms with Crippen LogP contribution in [0.4, 0.5) is 0 Å². The normalized spacial score (nSPS) is 10.2. The zero-order chi connectivity index (χ0) is 17.6. The van der Waals surface area contributed by atoms with E-state index in [9.17, 15) is 9.59 Å². The molecule has 3 rings (SSSR count). The third kappa shape index (κ3) is 4.03. The van der Waals surface area contributed by atoms with Crippen LogP contribution in [0.25, 0.3) is 11.4 Å². The molecule has 3 aromatic heterocycles. The molecule has 0 atom stereocenters. The number of amides is 1. The number of rotatable bonds is 5. The van der Waals surface area contributed by atoms with Crippen LogP contribution in [0.2, 0.25) is 0 Å². The van der Waals surface area contributed by atoms with E-state index in [1.807, 2.05) is 12.1 Å². The predicted octanol–water partition coefficient (Wildman–Crippen LogP) is 2.17. The fourth-order valence-electron chi connectivity index (χ4n) is 2.19. The maximum absolute atomic E-state index is 12.3. The third-order valence-corrected chi connectivity index (χ3v) is 3.45. The van der Waals surface area contributed by atoms with Gasteiger partial charge in [-0.1, -0.05) is 6.07 Å². The summed E-state index contributed by atoms with van der Waals surface area (Å²) in [6.07, 6.45) is 4.54. The Morgan fingerprint density at radius 3 is 2.20 bits per heavy atom. The highest BCUT2D eigenvalue weighted by Crippen LogP contribution is 2.17. The van der Waals surface area contributed by atoms with Crippen molar-refractivity contribution in [2.75, 3.05) is 0 Å². The van der Waals surface area contributed by atoms with Gasteiger partial charge in [-0.25, -0.2) is 4.79 Å². The Morgan fingerprint density at radius 2 is 1.56 bits per heavy atom. The lowest BCUT2D eigenvalue weighted by Crippen LogP contribution is -2.23. The number of hydrogen-bond donors (Lipinski definition) is 2. The molecule has 7 nitrogen and oxygen atoms in total. The maximum atomic E-state index is 12.3. The molecule has 0 aromatic carbocycles. The van der Waals surface area contributed by atoms with Crippen LogP contribution in [0.3, 0.4) is 0 Å². The molecule has 1 amide bonds. The van der Waals surface area contributed by atoms with Crippen molar-refractivity contribution in [1.29, 1.82) is 0 Å². The first-order chi connectivity index (χ1) is 12.1. The lowest BCUT2D eigenvalue weighted by Gasteiger charge is -2.06.